The van der Waals surface area contributed by atoms with E-state index in [2.05, 4.69) is 15.1 Å². The third kappa shape index (κ3) is 8.12. The molecule has 2 heterocycles. The van der Waals surface area contributed by atoms with Crippen LogP contribution in [-0.2, 0) is 9.47 Å². The van der Waals surface area contributed by atoms with Crippen LogP contribution in [0.2, 0.25) is 0 Å². The molecular weight excluding hydrogens is 266 g/mol. The fraction of sp³-hybridized carbons (Fsp3) is 1.00. The van der Waals surface area contributed by atoms with Crippen molar-refractivity contribution in [1.29, 1.82) is 0 Å². The molecule has 0 aromatic rings. The third-order valence-corrected chi connectivity index (χ3v) is 4.35. The largest absolute Gasteiger partial charge is 0.379 e. The number of hydrogen-bond acceptors (Lipinski definition) is 5. The first-order valence-electron chi connectivity index (χ1n) is 8.76. The Bertz CT molecular complexity index is 218. The molecule has 2 saturated heterocycles. The van der Waals surface area contributed by atoms with E-state index in [0.29, 0.717) is 0 Å². The average molecular weight is 299 g/mol. The summed E-state index contributed by atoms with van der Waals surface area (Å²) in [6.07, 6.45) is 5.44. The van der Waals surface area contributed by atoms with Crippen LogP contribution in [0, 0.1) is 0 Å². The molecule has 0 aromatic heterocycles. The van der Waals surface area contributed by atoms with Crippen molar-refractivity contribution in [2.24, 2.45) is 0 Å². The predicted octanol–water partition coefficient (Wildman–Crippen LogP) is 0.801. The number of nitrogens with one attached hydrogen (secondary N) is 1. The van der Waals surface area contributed by atoms with Crippen LogP contribution in [0.1, 0.15) is 25.7 Å². The van der Waals surface area contributed by atoms with E-state index in [1.165, 1.54) is 51.9 Å². The van der Waals surface area contributed by atoms with Crippen LogP contribution < -0.4 is 5.32 Å². The second-order valence-electron chi connectivity index (χ2n) is 6.07. The van der Waals surface area contributed by atoms with Crippen LogP contribution >= 0.6 is 0 Å². The lowest BCUT2D eigenvalue weighted by molar-refractivity contribution is 0.101. The molecule has 0 aliphatic carbocycles. The average Bonchev–Trinajstić information content (AvgIpc) is 3.18. The van der Waals surface area contributed by atoms with E-state index in [1.807, 2.05) is 0 Å². The van der Waals surface area contributed by atoms with Gasteiger partial charge < -0.3 is 24.6 Å². The van der Waals surface area contributed by atoms with Crippen LogP contribution in [0.25, 0.3) is 0 Å². The van der Waals surface area contributed by atoms with E-state index in [9.17, 15) is 0 Å². The van der Waals surface area contributed by atoms with Gasteiger partial charge in [0.15, 0.2) is 0 Å². The smallest absolute Gasteiger partial charge is 0.0594 e. The molecule has 124 valence electrons. The Balaban J connectivity index is 1.25. The summed E-state index contributed by atoms with van der Waals surface area (Å²) < 4.78 is 11.3. The van der Waals surface area contributed by atoms with Gasteiger partial charge in [-0.25, -0.2) is 0 Å². The lowest BCUT2D eigenvalue weighted by atomic mass is 10.4. The van der Waals surface area contributed by atoms with Crippen molar-refractivity contribution in [3.8, 4) is 0 Å². The van der Waals surface area contributed by atoms with Gasteiger partial charge in [0.05, 0.1) is 26.4 Å². The maximum absolute atomic E-state index is 5.64. The molecule has 0 unspecified atom stereocenters. The minimum Gasteiger partial charge on any atom is -0.379 e. The van der Waals surface area contributed by atoms with Gasteiger partial charge in [-0.2, -0.15) is 0 Å². The molecule has 0 radical (unpaired) electrons. The van der Waals surface area contributed by atoms with E-state index in [-0.39, 0.29) is 0 Å². The van der Waals surface area contributed by atoms with Crippen molar-refractivity contribution < 1.29 is 9.47 Å². The van der Waals surface area contributed by atoms with E-state index in [1.54, 1.807) is 0 Å². The standard InChI is InChI=1S/C16H33N3O2/c1-2-8-18(7-1)11-15-20-13-5-17-6-14-21-16-12-19-9-3-4-10-19/h17H,1-16H2. The molecule has 2 rings (SSSR count). The molecule has 5 heteroatoms. The molecule has 0 saturated carbocycles. The van der Waals surface area contributed by atoms with Crippen molar-refractivity contribution in [2.75, 3.05) is 78.8 Å². The quantitative estimate of drug-likeness (QED) is 0.540. The van der Waals surface area contributed by atoms with Crippen molar-refractivity contribution in [3.63, 3.8) is 0 Å². The number of likely N-dealkylation sites (tertiary alicyclic amines) is 2. The highest BCUT2D eigenvalue weighted by Gasteiger charge is 2.10. The van der Waals surface area contributed by atoms with Gasteiger partial charge in [0.25, 0.3) is 0 Å². The predicted molar refractivity (Wildman–Crippen MR) is 85.9 cm³/mol. The minimum atomic E-state index is 0.807. The fourth-order valence-corrected chi connectivity index (χ4v) is 3.02. The molecule has 0 atom stereocenters. The van der Waals surface area contributed by atoms with Crippen LogP contribution in [-0.4, -0.2) is 88.6 Å². The number of ether oxygens (including phenoxy) is 2. The van der Waals surface area contributed by atoms with E-state index in [0.717, 1.165) is 52.6 Å². The molecule has 0 aromatic carbocycles. The van der Waals surface area contributed by atoms with Crippen molar-refractivity contribution >= 4 is 0 Å². The van der Waals surface area contributed by atoms with Gasteiger partial charge >= 0.3 is 0 Å². The summed E-state index contributed by atoms with van der Waals surface area (Å²) in [5, 5.41) is 3.37. The van der Waals surface area contributed by atoms with E-state index >= 15 is 0 Å². The monoisotopic (exact) mass is 299 g/mol. The lowest BCUT2D eigenvalue weighted by Crippen LogP contribution is -2.28. The van der Waals surface area contributed by atoms with E-state index in [4.69, 9.17) is 9.47 Å². The Morgan fingerprint density at radius 3 is 1.48 bits per heavy atom. The van der Waals surface area contributed by atoms with Crippen molar-refractivity contribution in [3.05, 3.63) is 0 Å². The van der Waals surface area contributed by atoms with Gasteiger partial charge in [0.2, 0.25) is 0 Å². The number of nitrogens with zero attached hydrogens (tertiary/aromatic N) is 2. The van der Waals surface area contributed by atoms with Gasteiger partial charge in [-0.3, -0.25) is 0 Å². The topological polar surface area (TPSA) is 37.0 Å². The van der Waals surface area contributed by atoms with Gasteiger partial charge in [-0.05, 0) is 51.9 Å². The fourth-order valence-electron chi connectivity index (χ4n) is 3.02. The number of rotatable bonds is 12. The Labute approximate surface area is 129 Å². The van der Waals surface area contributed by atoms with Gasteiger partial charge in [-0.15, -0.1) is 0 Å². The zero-order valence-corrected chi connectivity index (χ0v) is 13.5. The maximum Gasteiger partial charge on any atom is 0.0594 e. The highest BCUT2D eigenvalue weighted by molar-refractivity contribution is 4.66. The first kappa shape index (κ1) is 17.2. The van der Waals surface area contributed by atoms with Gasteiger partial charge in [0.1, 0.15) is 0 Å². The maximum atomic E-state index is 5.64. The second-order valence-corrected chi connectivity index (χ2v) is 6.07. The third-order valence-electron chi connectivity index (χ3n) is 4.35. The lowest BCUT2D eigenvalue weighted by Gasteiger charge is -2.15. The molecule has 1 N–H and O–H groups in total. The molecule has 0 spiro atoms. The van der Waals surface area contributed by atoms with Gasteiger partial charge in [0, 0.05) is 26.2 Å². The summed E-state index contributed by atoms with van der Waals surface area (Å²) in [5.74, 6) is 0. The Hall–Kier alpha value is -0.200. The first-order chi connectivity index (χ1) is 10.4. The van der Waals surface area contributed by atoms with Crippen LogP contribution in [0.4, 0.5) is 0 Å². The van der Waals surface area contributed by atoms with E-state index < -0.39 is 0 Å². The molecule has 2 fully saturated rings. The summed E-state index contributed by atoms with van der Waals surface area (Å²) in [5.41, 5.74) is 0. The van der Waals surface area contributed by atoms with Crippen LogP contribution in [0.3, 0.4) is 0 Å². The molecule has 21 heavy (non-hydrogen) atoms. The summed E-state index contributed by atoms with van der Waals surface area (Å²) in [6.45, 7) is 12.4. The van der Waals surface area contributed by atoms with Crippen molar-refractivity contribution in [2.45, 2.75) is 25.7 Å². The first-order valence-corrected chi connectivity index (χ1v) is 8.76. The summed E-state index contributed by atoms with van der Waals surface area (Å²) in [4.78, 5) is 4.98. The zero-order chi connectivity index (χ0) is 14.6. The van der Waals surface area contributed by atoms with Gasteiger partial charge in [-0.1, -0.05) is 0 Å². The summed E-state index contributed by atoms with van der Waals surface area (Å²) >= 11 is 0. The molecule has 2 aliphatic heterocycles. The highest BCUT2D eigenvalue weighted by Crippen LogP contribution is 2.06. The second kappa shape index (κ2) is 11.4. The van der Waals surface area contributed by atoms with Crippen molar-refractivity contribution in [1.82, 2.24) is 15.1 Å². The molecule has 2 aliphatic rings. The Morgan fingerprint density at radius 1 is 0.619 bits per heavy atom. The number of hydrogen-bond donors (Lipinski definition) is 1. The van der Waals surface area contributed by atoms with Crippen LogP contribution in [0.15, 0.2) is 0 Å². The highest BCUT2D eigenvalue weighted by atomic mass is 16.5. The molecular formula is C16H33N3O2. The summed E-state index contributed by atoms with van der Waals surface area (Å²) in [6, 6.07) is 0. The zero-order valence-electron chi connectivity index (χ0n) is 13.5. The molecule has 5 nitrogen and oxygen atoms in total. The SMILES string of the molecule is C1CCN(CCOCCNCCOCCN2CCCC2)C1. The molecule has 0 amide bonds. The normalized spacial score (nSPS) is 20.6. The van der Waals surface area contributed by atoms with Crippen LogP contribution in [0.5, 0.6) is 0 Å². The summed E-state index contributed by atoms with van der Waals surface area (Å²) in [7, 11) is 0. The Morgan fingerprint density at radius 2 is 1.05 bits per heavy atom. The Kier molecular flexibility index (Phi) is 9.30. The minimum absolute atomic E-state index is 0.807. The molecule has 0 bridgehead atoms.